The van der Waals surface area contributed by atoms with Gasteiger partial charge in [-0.2, -0.15) is 0 Å². The highest BCUT2D eigenvalue weighted by molar-refractivity contribution is 5.81. The summed E-state index contributed by atoms with van der Waals surface area (Å²) < 4.78 is 5.45. The van der Waals surface area contributed by atoms with Gasteiger partial charge in [-0.1, -0.05) is 31.4 Å². The first-order chi connectivity index (χ1) is 5.79. The zero-order chi connectivity index (χ0) is 8.55. The van der Waals surface area contributed by atoms with E-state index in [1.165, 1.54) is 0 Å². The molecule has 0 amide bonds. The predicted molar refractivity (Wildman–Crippen MR) is 50.1 cm³/mol. The Labute approximate surface area is 72.0 Å². The molecule has 0 bridgehead atoms. The van der Waals surface area contributed by atoms with Crippen molar-refractivity contribution in [1.29, 1.82) is 0 Å². The minimum atomic E-state index is 0.565. The van der Waals surface area contributed by atoms with Crippen LogP contribution in [0.2, 0.25) is 0 Å². The maximum absolute atomic E-state index is 5.45. The Morgan fingerprint density at radius 1 is 1.17 bits per heavy atom. The molecule has 1 heterocycles. The summed E-state index contributed by atoms with van der Waals surface area (Å²) >= 11 is 0. The first-order valence-electron chi connectivity index (χ1n) is 3.88. The van der Waals surface area contributed by atoms with Crippen LogP contribution in [0.25, 0.3) is 5.57 Å². The van der Waals surface area contributed by atoms with E-state index in [1.54, 1.807) is 0 Å². The minimum absolute atomic E-state index is 0.565. The van der Waals surface area contributed by atoms with Crippen LogP contribution in [0.3, 0.4) is 0 Å². The normalized spacial score (nSPS) is 15.3. The number of rotatable bonds is 0. The highest BCUT2D eigenvalue weighted by atomic mass is 16.5. The molecule has 60 valence electrons. The van der Waals surface area contributed by atoms with Gasteiger partial charge in [-0.05, 0) is 17.2 Å². The fourth-order valence-electron chi connectivity index (χ4n) is 1.28. The molecule has 2 rings (SSSR count). The van der Waals surface area contributed by atoms with Crippen molar-refractivity contribution in [3.8, 4) is 5.75 Å². The Balaban J connectivity index is 2.56. The van der Waals surface area contributed by atoms with Crippen molar-refractivity contribution in [2.75, 3.05) is 6.61 Å². The van der Waals surface area contributed by atoms with E-state index in [-0.39, 0.29) is 0 Å². The standard InChI is InChI=1S/C11H10O/c1-8-7-12-11-6-4-3-5-10(11)9(8)2/h3-6H,1-2,7H2. The van der Waals surface area contributed by atoms with Gasteiger partial charge in [0, 0.05) is 5.56 Å². The summed E-state index contributed by atoms with van der Waals surface area (Å²) in [6, 6.07) is 7.89. The number of ether oxygens (including phenoxy) is 1. The fourth-order valence-corrected chi connectivity index (χ4v) is 1.28. The Hall–Kier alpha value is -1.50. The maximum atomic E-state index is 5.45. The lowest BCUT2D eigenvalue weighted by molar-refractivity contribution is 0.349. The highest BCUT2D eigenvalue weighted by Crippen LogP contribution is 2.33. The van der Waals surface area contributed by atoms with Crippen molar-refractivity contribution < 1.29 is 4.74 Å². The van der Waals surface area contributed by atoms with Gasteiger partial charge in [0.1, 0.15) is 12.4 Å². The van der Waals surface area contributed by atoms with Crippen LogP contribution in [0.4, 0.5) is 0 Å². The van der Waals surface area contributed by atoms with Gasteiger partial charge in [0.2, 0.25) is 0 Å². The van der Waals surface area contributed by atoms with Crippen LogP contribution in [-0.4, -0.2) is 6.61 Å². The van der Waals surface area contributed by atoms with Crippen LogP contribution in [0.5, 0.6) is 5.75 Å². The summed E-state index contributed by atoms with van der Waals surface area (Å²) in [7, 11) is 0. The van der Waals surface area contributed by atoms with Crippen LogP contribution in [-0.2, 0) is 0 Å². The number of benzene rings is 1. The molecular weight excluding hydrogens is 148 g/mol. The van der Waals surface area contributed by atoms with Crippen LogP contribution >= 0.6 is 0 Å². The van der Waals surface area contributed by atoms with E-state index < -0.39 is 0 Å². The van der Waals surface area contributed by atoms with Gasteiger partial charge in [0.25, 0.3) is 0 Å². The van der Waals surface area contributed by atoms with Crippen molar-refractivity contribution in [2.24, 2.45) is 0 Å². The van der Waals surface area contributed by atoms with Crippen molar-refractivity contribution >= 4 is 5.57 Å². The summed E-state index contributed by atoms with van der Waals surface area (Å²) in [6.07, 6.45) is 0. The zero-order valence-electron chi connectivity index (χ0n) is 6.84. The molecule has 0 aromatic heterocycles. The van der Waals surface area contributed by atoms with Crippen molar-refractivity contribution in [1.82, 2.24) is 0 Å². The van der Waals surface area contributed by atoms with E-state index in [2.05, 4.69) is 13.2 Å². The molecule has 0 fully saturated rings. The Morgan fingerprint density at radius 2 is 1.92 bits per heavy atom. The third-order valence-corrected chi connectivity index (χ3v) is 2.04. The van der Waals surface area contributed by atoms with E-state index in [4.69, 9.17) is 4.74 Å². The lowest BCUT2D eigenvalue weighted by Crippen LogP contribution is -2.09. The van der Waals surface area contributed by atoms with Gasteiger partial charge in [0.05, 0.1) is 0 Å². The molecule has 0 N–H and O–H groups in total. The number of para-hydroxylation sites is 1. The number of hydrogen-bond acceptors (Lipinski definition) is 1. The van der Waals surface area contributed by atoms with Crippen LogP contribution in [0, 0.1) is 0 Å². The van der Waals surface area contributed by atoms with E-state index in [0.717, 1.165) is 22.5 Å². The van der Waals surface area contributed by atoms with E-state index in [9.17, 15) is 0 Å². The highest BCUT2D eigenvalue weighted by Gasteiger charge is 2.14. The average molecular weight is 158 g/mol. The molecule has 1 aliphatic heterocycles. The molecule has 1 nitrogen and oxygen atoms in total. The SMILES string of the molecule is C=C1COc2ccccc2C1=C. The van der Waals surface area contributed by atoms with E-state index in [0.29, 0.717) is 6.61 Å². The molecule has 0 unspecified atom stereocenters. The summed E-state index contributed by atoms with van der Waals surface area (Å²) in [5.41, 5.74) is 3.03. The molecule has 0 saturated heterocycles. The molecule has 1 aromatic rings. The average Bonchev–Trinajstić information content (AvgIpc) is 2.12. The van der Waals surface area contributed by atoms with Gasteiger partial charge in [-0.25, -0.2) is 0 Å². The maximum Gasteiger partial charge on any atom is 0.127 e. The quantitative estimate of drug-likeness (QED) is 0.564. The third kappa shape index (κ3) is 0.944. The summed E-state index contributed by atoms with van der Waals surface area (Å²) in [5.74, 6) is 0.912. The zero-order valence-corrected chi connectivity index (χ0v) is 6.84. The second kappa shape index (κ2) is 2.52. The fraction of sp³-hybridized carbons (Fsp3) is 0.0909. The lowest BCUT2D eigenvalue weighted by Gasteiger charge is -2.20. The Kier molecular flexibility index (Phi) is 1.51. The molecule has 0 radical (unpaired) electrons. The molecule has 1 aromatic carbocycles. The van der Waals surface area contributed by atoms with E-state index >= 15 is 0 Å². The predicted octanol–water partition coefficient (Wildman–Crippen LogP) is 2.65. The molecule has 0 atom stereocenters. The molecule has 1 aliphatic rings. The van der Waals surface area contributed by atoms with Gasteiger partial charge in [0.15, 0.2) is 0 Å². The second-order valence-corrected chi connectivity index (χ2v) is 2.87. The smallest absolute Gasteiger partial charge is 0.127 e. The largest absolute Gasteiger partial charge is 0.488 e. The van der Waals surface area contributed by atoms with Gasteiger partial charge in [-0.3, -0.25) is 0 Å². The third-order valence-electron chi connectivity index (χ3n) is 2.04. The molecular formula is C11H10O. The number of hydrogen-bond donors (Lipinski definition) is 0. The van der Waals surface area contributed by atoms with Crippen molar-refractivity contribution in [3.63, 3.8) is 0 Å². The molecule has 0 aliphatic carbocycles. The molecule has 0 saturated carbocycles. The number of fused-ring (bicyclic) bond motifs is 1. The summed E-state index contributed by atoms with van der Waals surface area (Å²) in [5, 5.41) is 0. The van der Waals surface area contributed by atoms with Gasteiger partial charge in [-0.15, -0.1) is 0 Å². The Bertz CT molecular complexity index is 350. The monoisotopic (exact) mass is 158 g/mol. The van der Waals surface area contributed by atoms with Gasteiger partial charge >= 0.3 is 0 Å². The van der Waals surface area contributed by atoms with E-state index in [1.807, 2.05) is 24.3 Å². The summed E-state index contributed by atoms with van der Waals surface area (Å²) in [6.45, 7) is 8.39. The van der Waals surface area contributed by atoms with Crippen LogP contribution in [0.15, 0.2) is 43.0 Å². The van der Waals surface area contributed by atoms with Crippen LogP contribution < -0.4 is 4.74 Å². The summed E-state index contributed by atoms with van der Waals surface area (Å²) in [4.78, 5) is 0. The Morgan fingerprint density at radius 3 is 2.75 bits per heavy atom. The first-order valence-corrected chi connectivity index (χ1v) is 3.88. The second-order valence-electron chi connectivity index (χ2n) is 2.87. The van der Waals surface area contributed by atoms with Crippen molar-refractivity contribution in [2.45, 2.75) is 0 Å². The molecule has 1 heteroatoms. The first kappa shape index (κ1) is 7.17. The molecule has 12 heavy (non-hydrogen) atoms. The van der Waals surface area contributed by atoms with Crippen LogP contribution in [0.1, 0.15) is 5.56 Å². The lowest BCUT2D eigenvalue weighted by atomic mass is 9.98. The van der Waals surface area contributed by atoms with Gasteiger partial charge < -0.3 is 4.74 Å². The van der Waals surface area contributed by atoms with Crippen molar-refractivity contribution in [3.05, 3.63) is 48.6 Å². The molecule has 0 spiro atoms. The minimum Gasteiger partial charge on any atom is -0.488 e. The topological polar surface area (TPSA) is 9.23 Å².